The van der Waals surface area contributed by atoms with Crippen molar-refractivity contribution in [2.45, 2.75) is 33.0 Å². The molecule has 3 aliphatic rings. The number of carbonyl (C=O) groups is 2. The smallest absolute Gasteiger partial charge is 0.240 e. The third-order valence-corrected chi connectivity index (χ3v) is 4.77. The molecular weight excluding hydrogens is 266 g/mol. The zero-order valence-corrected chi connectivity index (χ0v) is 12.3. The number of benzene rings is 1. The molecule has 0 aromatic heterocycles. The Morgan fingerprint density at radius 1 is 0.905 bits per heavy atom. The SMILES string of the molecule is Cc1cc(C)c(N2C(=O)[C@H]3[C@H](C2=O)[C@H]2C=C[C@H]3O2)c(C)c1. The van der Waals surface area contributed by atoms with Crippen molar-refractivity contribution in [3.05, 3.63) is 41.0 Å². The van der Waals surface area contributed by atoms with Crippen molar-refractivity contribution in [2.75, 3.05) is 4.90 Å². The zero-order chi connectivity index (χ0) is 14.9. The van der Waals surface area contributed by atoms with Gasteiger partial charge in [-0.25, -0.2) is 4.90 Å². The molecule has 0 spiro atoms. The van der Waals surface area contributed by atoms with Crippen molar-refractivity contribution < 1.29 is 14.3 Å². The highest BCUT2D eigenvalue weighted by Gasteiger charge is 2.61. The first-order chi connectivity index (χ1) is 9.99. The molecule has 2 fully saturated rings. The molecule has 21 heavy (non-hydrogen) atoms. The summed E-state index contributed by atoms with van der Waals surface area (Å²) in [5.74, 6) is -0.908. The molecule has 3 aliphatic heterocycles. The quantitative estimate of drug-likeness (QED) is 0.585. The van der Waals surface area contributed by atoms with Crippen LogP contribution in [0.4, 0.5) is 5.69 Å². The molecule has 0 N–H and O–H groups in total. The summed E-state index contributed by atoms with van der Waals surface area (Å²) in [6.45, 7) is 5.92. The van der Waals surface area contributed by atoms with Gasteiger partial charge in [-0.15, -0.1) is 0 Å². The lowest BCUT2D eigenvalue weighted by molar-refractivity contribution is -0.124. The Morgan fingerprint density at radius 3 is 1.86 bits per heavy atom. The number of anilines is 1. The molecule has 0 aliphatic carbocycles. The molecule has 4 atom stereocenters. The molecule has 4 rings (SSSR count). The zero-order valence-electron chi connectivity index (χ0n) is 12.3. The maximum absolute atomic E-state index is 12.8. The van der Waals surface area contributed by atoms with Crippen molar-refractivity contribution in [1.29, 1.82) is 0 Å². The molecule has 0 unspecified atom stereocenters. The molecule has 4 nitrogen and oxygen atoms in total. The van der Waals surface area contributed by atoms with E-state index in [9.17, 15) is 9.59 Å². The summed E-state index contributed by atoms with van der Waals surface area (Å²) in [7, 11) is 0. The fourth-order valence-corrected chi connectivity index (χ4v) is 4.05. The van der Waals surface area contributed by atoms with Crippen LogP contribution in [0.3, 0.4) is 0 Å². The second-order valence-electron chi connectivity index (χ2n) is 6.26. The lowest BCUT2D eigenvalue weighted by atomic mass is 9.85. The minimum absolute atomic E-state index is 0.114. The standard InChI is InChI=1S/C17H17NO3/c1-8-6-9(2)15(10(3)7-8)18-16(19)13-11-4-5-12(21-11)14(13)17(18)20/h4-7,11-14H,1-3H3/t11-,12-,13-,14-/m1/s1. The minimum atomic E-state index is -0.340. The molecular formula is C17H17NO3. The predicted molar refractivity (Wildman–Crippen MR) is 77.9 cm³/mol. The van der Waals surface area contributed by atoms with Gasteiger partial charge in [0.15, 0.2) is 0 Å². The van der Waals surface area contributed by atoms with Gasteiger partial charge in [-0.1, -0.05) is 29.8 Å². The minimum Gasteiger partial charge on any atom is -0.365 e. The van der Waals surface area contributed by atoms with Gasteiger partial charge in [0.05, 0.1) is 29.7 Å². The number of aryl methyl sites for hydroxylation is 3. The van der Waals surface area contributed by atoms with Crippen LogP contribution in [-0.2, 0) is 14.3 Å². The second kappa shape index (κ2) is 4.04. The fourth-order valence-electron chi connectivity index (χ4n) is 4.05. The number of rotatable bonds is 1. The van der Waals surface area contributed by atoms with Crippen molar-refractivity contribution >= 4 is 17.5 Å². The van der Waals surface area contributed by atoms with Gasteiger partial charge in [0, 0.05) is 0 Å². The highest BCUT2D eigenvalue weighted by Crippen LogP contribution is 2.47. The van der Waals surface area contributed by atoms with Gasteiger partial charge in [0.2, 0.25) is 11.8 Å². The van der Waals surface area contributed by atoms with Crippen molar-refractivity contribution in [3.63, 3.8) is 0 Å². The fraction of sp³-hybridized carbons (Fsp3) is 0.412. The number of carbonyl (C=O) groups excluding carboxylic acids is 2. The third-order valence-electron chi connectivity index (χ3n) is 4.77. The lowest BCUT2D eigenvalue weighted by Gasteiger charge is -2.22. The van der Waals surface area contributed by atoms with Crippen LogP contribution < -0.4 is 4.90 Å². The van der Waals surface area contributed by atoms with E-state index in [-0.39, 0.29) is 35.9 Å². The molecule has 2 saturated heterocycles. The summed E-state index contributed by atoms with van der Waals surface area (Å²) >= 11 is 0. The van der Waals surface area contributed by atoms with Gasteiger partial charge in [0.1, 0.15) is 0 Å². The Bertz CT molecular complexity index is 653. The number of hydrogen-bond acceptors (Lipinski definition) is 3. The summed E-state index contributed by atoms with van der Waals surface area (Å²) in [6.07, 6.45) is 3.37. The molecule has 1 aromatic carbocycles. The van der Waals surface area contributed by atoms with Gasteiger partial charge in [-0.2, -0.15) is 0 Å². The predicted octanol–water partition coefficient (Wildman–Crippen LogP) is 2.05. The van der Waals surface area contributed by atoms with Gasteiger partial charge in [-0.05, 0) is 31.9 Å². The van der Waals surface area contributed by atoms with E-state index >= 15 is 0 Å². The number of imide groups is 1. The number of amides is 2. The van der Waals surface area contributed by atoms with E-state index in [1.807, 2.05) is 45.1 Å². The summed E-state index contributed by atoms with van der Waals surface area (Å²) in [5.41, 5.74) is 3.83. The van der Waals surface area contributed by atoms with E-state index in [1.54, 1.807) is 0 Å². The van der Waals surface area contributed by atoms with Crippen LogP contribution in [0.1, 0.15) is 16.7 Å². The van der Waals surface area contributed by atoms with E-state index in [2.05, 4.69) is 0 Å². The largest absolute Gasteiger partial charge is 0.365 e. The van der Waals surface area contributed by atoms with Gasteiger partial charge in [-0.3, -0.25) is 9.59 Å². The van der Waals surface area contributed by atoms with E-state index in [1.165, 1.54) is 4.90 Å². The average Bonchev–Trinajstić information content (AvgIpc) is 3.06. The first-order valence-electron chi connectivity index (χ1n) is 7.28. The van der Waals surface area contributed by atoms with Crippen LogP contribution in [0.5, 0.6) is 0 Å². The van der Waals surface area contributed by atoms with Crippen LogP contribution in [0.2, 0.25) is 0 Å². The van der Waals surface area contributed by atoms with Crippen LogP contribution >= 0.6 is 0 Å². The molecule has 3 heterocycles. The Kier molecular flexibility index (Phi) is 2.46. The summed E-state index contributed by atoms with van der Waals surface area (Å²) in [5, 5.41) is 0. The monoisotopic (exact) mass is 283 g/mol. The Hall–Kier alpha value is -1.94. The van der Waals surface area contributed by atoms with E-state index in [0.717, 1.165) is 22.4 Å². The lowest BCUT2D eigenvalue weighted by Crippen LogP contribution is -2.35. The highest BCUT2D eigenvalue weighted by atomic mass is 16.5. The molecule has 108 valence electrons. The van der Waals surface area contributed by atoms with Crippen LogP contribution in [-0.4, -0.2) is 24.0 Å². The van der Waals surface area contributed by atoms with Gasteiger partial charge < -0.3 is 4.74 Å². The Balaban J connectivity index is 1.82. The number of ether oxygens (including phenoxy) is 1. The van der Waals surface area contributed by atoms with Gasteiger partial charge >= 0.3 is 0 Å². The van der Waals surface area contributed by atoms with E-state index in [0.29, 0.717) is 0 Å². The van der Waals surface area contributed by atoms with Crippen molar-refractivity contribution in [1.82, 2.24) is 0 Å². The third kappa shape index (κ3) is 1.54. The topological polar surface area (TPSA) is 46.6 Å². The average molecular weight is 283 g/mol. The molecule has 2 bridgehead atoms. The first kappa shape index (κ1) is 12.8. The normalized spacial score (nSPS) is 33.2. The first-order valence-corrected chi connectivity index (χ1v) is 7.28. The molecule has 2 amide bonds. The van der Waals surface area contributed by atoms with E-state index < -0.39 is 0 Å². The van der Waals surface area contributed by atoms with Crippen molar-refractivity contribution in [2.24, 2.45) is 11.8 Å². The maximum Gasteiger partial charge on any atom is 0.240 e. The van der Waals surface area contributed by atoms with E-state index in [4.69, 9.17) is 4.74 Å². The summed E-state index contributed by atoms with van der Waals surface area (Å²) in [6, 6.07) is 4.03. The molecule has 0 saturated carbocycles. The van der Waals surface area contributed by atoms with Crippen LogP contribution in [0, 0.1) is 32.6 Å². The molecule has 1 aromatic rings. The maximum atomic E-state index is 12.8. The Morgan fingerprint density at radius 2 is 1.38 bits per heavy atom. The van der Waals surface area contributed by atoms with Crippen LogP contribution in [0.15, 0.2) is 24.3 Å². The summed E-state index contributed by atoms with van der Waals surface area (Å²) < 4.78 is 5.66. The number of fused-ring (bicyclic) bond motifs is 5. The summed E-state index contributed by atoms with van der Waals surface area (Å²) in [4.78, 5) is 26.9. The van der Waals surface area contributed by atoms with Crippen molar-refractivity contribution in [3.8, 4) is 0 Å². The highest BCUT2D eigenvalue weighted by molar-refractivity contribution is 6.23. The van der Waals surface area contributed by atoms with Gasteiger partial charge in [0.25, 0.3) is 0 Å². The van der Waals surface area contributed by atoms with Crippen LogP contribution in [0.25, 0.3) is 0 Å². The number of nitrogens with zero attached hydrogens (tertiary/aromatic N) is 1. The molecule has 0 radical (unpaired) electrons. The Labute approximate surface area is 123 Å². The number of hydrogen-bond donors (Lipinski definition) is 0. The molecule has 4 heteroatoms. The second-order valence-corrected chi connectivity index (χ2v) is 6.26.